The summed E-state index contributed by atoms with van der Waals surface area (Å²) in [7, 11) is 3.22. The number of hydrogen-bond acceptors (Lipinski definition) is 6. The van der Waals surface area contributed by atoms with Crippen LogP contribution in [-0.2, 0) is 17.4 Å². The van der Waals surface area contributed by atoms with Crippen LogP contribution in [0.25, 0.3) is 5.78 Å². The van der Waals surface area contributed by atoms with Crippen LogP contribution in [0.1, 0.15) is 29.2 Å². The van der Waals surface area contributed by atoms with Crippen molar-refractivity contribution in [2.45, 2.75) is 32.9 Å². The molecule has 0 saturated heterocycles. The van der Waals surface area contributed by atoms with Gasteiger partial charge in [0, 0.05) is 24.9 Å². The van der Waals surface area contributed by atoms with Crippen LogP contribution in [0.2, 0.25) is 0 Å². The van der Waals surface area contributed by atoms with E-state index in [0.29, 0.717) is 41.4 Å². The molecule has 0 aliphatic rings. The Labute approximate surface area is 183 Å². The van der Waals surface area contributed by atoms with Gasteiger partial charge in [-0.1, -0.05) is 12.1 Å². The van der Waals surface area contributed by atoms with Crippen LogP contribution in [0, 0.1) is 13.8 Å². The third kappa shape index (κ3) is 5.09. The molecule has 32 heavy (non-hydrogen) atoms. The largest absolute Gasteiger partial charge is 0.493 e. The molecule has 1 amide bonds. The predicted molar refractivity (Wildman–Crippen MR) is 110 cm³/mol. The van der Waals surface area contributed by atoms with Crippen LogP contribution in [0.15, 0.2) is 24.3 Å². The number of hydrogen-bond donors (Lipinski definition) is 0. The zero-order valence-electron chi connectivity index (χ0n) is 18.2. The van der Waals surface area contributed by atoms with E-state index in [1.54, 1.807) is 45.0 Å². The van der Waals surface area contributed by atoms with E-state index in [9.17, 15) is 18.0 Å². The molecule has 0 aliphatic carbocycles. The molecule has 3 aromatic rings. The number of carbonyl (C=O) groups excluding carboxylic acids is 1. The van der Waals surface area contributed by atoms with Crippen molar-refractivity contribution >= 4 is 11.7 Å². The molecule has 0 atom stereocenters. The lowest BCUT2D eigenvalue weighted by atomic mass is 10.1. The van der Waals surface area contributed by atoms with Crippen molar-refractivity contribution in [3.63, 3.8) is 0 Å². The second-order valence-corrected chi connectivity index (χ2v) is 7.22. The number of rotatable bonds is 8. The molecule has 0 saturated carbocycles. The Bertz CT molecular complexity index is 1110. The van der Waals surface area contributed by atoms with E-state index in [-0.39, 0.29) is 24.7 Å². The first-order valence-electron chi connectivity index (χ1n) is 9.91. The van der Waals surface area contributed by atoms with Crippen molar-refractivity contribution in [1.82, 2.24) is 24.5 Å². The highest BCUT2D eigenvalue weighted by Crippen LogP contribution is 2.27. The number of benzene rings is 1. The lowest BCUT2D eigenvalue weighted by Gasteiger charge is -2.19. The number of alkyl halides is 3. The summed E-state index contributed by atoms with van der Waals surface area (Å²) in [6.07, 6.45) is -4.17. The summed E-state index contributed by atoms with van der Waals surface area (Å²) in [6.45, 7) is 3.97. The van der Waals surface area contributed by atoms with Crippen LogP contribution in [0.3, 0.4) is 0 Å². The average Bonchev–Trinajstić information content (AvgIpc) is 3.18. The third-order valence-corrected chi connectivity index (χ3v) is 5.07. The number of likely N-dealkylation sites (N-methyl/N-ethyl adjacent to an activating group) is 1. The summed E-state index contributed by atoms with van der Waals surface area (Å²) in [6, 6.07) is 7.23. The smallest absolute Gasteiger partial charge is 0.453 e. The number of nitrogens with zero attached hydrogens (tertiary/aromatic N) is 5. The van der Waals surface area contributed by atoms with Crippen LogP contribution < -0.4 is 9.47 Å². The van der Waals surface area contributed by atoms with Gasteiger partial charge in [0.15, 0.2) is 11.5 Å². The van der Waals surface area contributed by atoms with Gasteiger partial charge in [0.1, 0.15) is 6.61 Å². The first-order chi connectivity index (χ1) is 15.1. The fourth-order valence-corrected chi connectivity index (χ4v) is 3.27. The number of aromatic nitrogens is 4. The number of halogens is 3. The van der Waals surface area contributed by atoms with Crippen molar-refractivity contribution < 1.29 is 27.4 Å². The highest BCUT2D eigenvalue weighted by Gasteiger charge is 2.37. The maximum Gasteiger partial charge on any atom is 0.453 e. The molecule has 1 aromatic carbocycles. The van der Waals surface area contributed by atoms with Gasteiger partial charge in [-0.3, -0.25) is 4.79 Å². The van der Waals surface area contributed by atoms with Crippen LogP contribution >= 0.6 is 0 Å². The molecular formula is C21H24F3N5O3. The zero-order chi connectivity index (χ0) is 23.5. The fourth-order valence-electron chi connectivity index (χ4n) is 3.27. The number of amides is 1. The second kappa shape index (κ2) is 9.41. The normalized spacial score (nSPS) is 11.6. The second-order valence-electron chi connectivity index (χ2n) is 7.22. The van der Waals surface area contributed by atoms with Crippen molar-refractivity contribution in [1.29, 1.82) is 0 Å². The summed E-state index contributed by atoms with van der Waals surface area (Å²) in [5, 5.41) is 3.53. The van der Waals surface area contributed by atoms with E-state index in [1.165, 1.54) is 0 Å². The third-order valence-electron chi connectivity index (χ3n) is 5.07. The van der Waals surface area contributed by atoms with Gasteiger partial charge >= 0.3 is 6.18 Å². The average molecular weight is 451 g/mol. The summed E-state index contributed by atoms with van der Waals surface area (Å²) < 4.78 is 50.7. The molecule has 11 heteroatoms. The summed E-state index contributed by atoms with van der Waals surface area (Å²) in [5.41, 5.74) is 1.67. The number of fused-ring (bicyclic) bond motifs is 1. The molecule has 0 fully saturated rings. The molecular weight excluding hydrogens is 427 g/mol. The van der Waals surface area contributed by atoms with E-state index in [2.05, 4.69) is 15.1 Å². The Morgan fingerprint density at radius 2 is 1.84 bits per heavy atom. The van der Waals surface area contributed by atoms with E-state index in [0.717, 1.165) is 4.52 Å². The number of para-hydroxylation sites is 2. The minimum atomic E-state index is -4.65. The lowest BCUT2D eigenvalue weighted by molar-refractivity contribution is -0.144. The maximum absolute atomic E-state index is 12.9. The topological polar surface area (TPSA) is 81.9 Å². The van der Waals surface area contributed by atoms with Gasteiger partial charge in [-0.25, -0.2) is 9.50 Å². The zero-order valence-corrected chi connectivity index (χ0v) is 18.2. The molecule has 0 unspecified atom stereocenters. The molecule has 0 N–H and O–H groups in total. The first kappa shape index (κ1) is 23.3. The van der Waals surface area contributed by atoms with Gasteiger partial charge in [0.25, 0.3) is 11.6 Å². The molecule has 8 nitrogen and oxygen atoms in total. The highest BCUT2D eigenvalue weighted by molar-refractivity contribution is 5.76. The standard InChI is InChI=1S/C21H24F3N5O3/c1-13-15(14(2)29-20(25-13)26-19(27-29)21(22,23)24)9-10-18(30)28(3)11-12-32-17-8-6-5-7-16(17)31-4/h5-8H,9-12H2,1-4H3. The Hall–Kier alpha value is -3.37. The quantitative estimate of drug-likeness (QED) is 0.523. The SMILES string of the molecule is COc1ccccc1OCCN(C)C(=O)CCc1c(C)nc2nc(C(F)(F)F)nn2c1C. The summed E-state index contributed by atoms with van der Waals surface area (Å²) >= 11 is 0. The van der Waals surface area contributed by atoms with Crippen LogP contribution in [0.4, 0.5) is 13.2 Å². The van der Waals surface area contributed by atoms with Crippen molar-refractivity contribution in [2.24, 2.45) is 0 Å². The summed E-state index contributed by atoms with van der Waals surface area (Å²) in [4.78, 5) is 21.7. The number of ether oxygens (including phenoxy) is 2. The number of carbonyl (C=O) groups is 1. The van der Waals surface area contributed by atoms with Crippen molar-refractivity contribution in [3.8, 4) is 11.5 Å². The molecule has 0 spiro atoms. The minimum Gasteiger partial charge on any atom is -0.493 e. The van der Waals surface area contributed by atoms with Gasteiger partial charge in [0.05, 0.1) is 13.7 Å². The Morgan fingerprint density at radius 3 is 2.50 bits per heavy atom. The van der Waals surface area contributed by atoms with Gasteiger partial charge < -0.3 is 14.4 Å². The molecule has 3 rings (SSSR count). The molecule has 0 aliphatic heterocycles. The highest BCUT2D eigenvalue weighted by atomic mass is 19.4. The summed E-state index contributed by atoms with van der Waals surface area (Å²) in [5.74, 6) is -0.282. The van der Waals surface area contributed by atoms with E-state index >= 15 is 0 Å². The van der Waals surface area contributed by atoms with E-state index < -0.39 is 12.0 Å². The van der Waals surface area contributed by atoms with Gasteiger partial charge in [-0.2, -0.15) is 18.2 Å². The molecule has 2 aromatic heterocycles. The van der Waals surface area contributed by atoms with Crippen LogP contribution in [0.5, 0.6) is 11.5 Å². The monoisotopic (exact) mass is 451 g/mol. The lowest BCUT2D eigenvalue weighted by Crippen LogP contribution is -2.31. The fraction of sp³-hybridized carbons (Fsp3) is 0.429. The Morgan fingerprint density at radius 1 is 1.16 bits per heavy atom. The molecule has 0 bridgehead atoms. The van der Waals surface area contributed by atoms with Crippen molar-refractivity contribution in [2.75, 3.05) is 27.3 Å². The molecule has 2 heterocycles. The van der Waals surface area contributed by atoms with Gasteiger partial charge in [0.2, 0.25) is 5.91 Å². The van der Waals surface area contributed by atoms with Gasteiger partial charge in [-0.05, 0) is 38.0 Å². The molecule has 172 valence electrons. The number of aryl methyl sites for hydroxylation is 2. The Balaban J connectivity index is 1.61. The first-order valence-corrected chi connectivity index (χ1v) is 9.91. The predicted octanol–water partition coefficient (Wildman–Crippen LogP) is 3.24. The van der Waals surface area contributed by atoms with Crippen LogP contribution in [-0.4, -0.2) is 57.7 Å². The van der Waals surface area contributed by atoms with Gasteiger partial charge in [-0.15, -0.1) is 5.10 Å². The number of methoxy groups -OCH3 is 1. The molecule has 0 radical (unpaired) electrons. The maximum atomic E-state index is 12.9. The van der Waals surface area contributed by atoms with E-state index in [4.69, 9.17) is 9.47 Å². The Kier molecular flexibility index (Phi) is 6.85. The van der Waals surface area contributed by atoms with E-state index in [1.807, 2.05) is 12.1 Å². The minimum absolute atomic E-state index is 0.118. The van der Waals surface area contributed by atoms with Crippen molar-refractivity contribution in [3.05, 3.63) is 47.0 Å².